The highest BCUT2D eigenvalue weighted by Gasteiger charge is 2.03. The number of rotatable bonds is 3. The largest absolute Gasteiger partial charge is 0.487 e. The van der Waals surface area contributed by atoms with Crippen molar-refractivity contribution in [2.45, 2.75) is 27.4 Å². The third-order valence-corrected chi connectivity index (χ3v) is 2.83. The van der Waals surface area contributed by atoms with Crippen LogP contribution in [0, 0.1) is 20.8 Å². The molecule has 17 heavy (non-hydrogen) atoms. The van der Waals surface area contributed by atoms with Crippen molar-refractivity contribution in [2.24, 2.45) is 0 Å². The molecule has 1 aromatic heterocycles. The van der Waals surface area contributed by atoms with Crippen LogP contribution in [0.3, 0.4) is 0 Å². The van der Waals surface area contributed by atoms with Gasteiger partial charge in [-0.2, -0.15) is 0 Å². The second kappa shape index (κ2) is 5.00. The van der Waals surface area contributed by atoms with Gasteiger partial charge < -0.3 is 4.74 Å². The third-order valence-electron chi connectivity index (χ3n) is 2.83. The number of pyridine rings is 1. The molecule has 0 spiro atoms. The topological polar surface area (TPSA) is 22.1 Å². The summed E-state index contributed by atoms with van der Waals surface area (Å²) in [4.78, 5) is 4.32. The Morgan fingerprint density at radius 3 is 2.65 bits per heavy atom. The fourth-order valence-electron chi connectivity index (χ4n) is 1.68. The number of hydrogen-bond donors (Lipinski definition) is 0. The Morgan fingerprint density at radius 2 is 1.88 bits per heavy atom. The minimum absolute atomic E-state index is 0.525. The van der Waals surface area contributed by atoms with Gasteiger partial charge in [0.25, 0.3) is 0 Å². The van der Waals surface area contributed by atoms with Gasteiger partial charge in [0.2, 0.25) is 0 Å². The van der Waals surface area contributed by atoms with Crippen LogP contribution in [0.5, 0.6) is 5.75 Å². The van der Waals surface area contributed by atoms with Crippen molar-refractivity contribution in [1.29, 1.82) is 0 Å². The molecule has 0 saturated heterocycles. The van der Waals surface area contributed by atoms with Gasteiger partial charge in [0.1, 0.15) is 12.4 Å². The molecule has 88 valence electrons. The van der Waals surface area contributed by atoms with Crippen molar-refractivity contribution in [3.8, 4) is 5.75 Å². The van der Waals surface area contributed by atoms with Crippen LogP contribution in [0.25, 0.3) is 0 Å². The Morgan fingerprint density at radius 1 is 1.06 bits per heavy atom. The van der Waals surface area contributed by atoms with Crippen LogP contribution in [0.4, 0.5) is 0 Å². The second-order valence-corrected chi connectivity index (χ2v) is 4.32. The Balaban J connectivity index is 2.12. The van der Waals surface area contributed by atoms with E-state index in [4.69, 9.17) is 4.74 Å². The highest BCUT2D eigenvalue weighted by molar-refractivity contribution is 5.36. The summed E-state index contributed by atoms with van der Waals surface area (Å²) in [7, 11) is 0. The normalized spacial score (nSPS) is 10.3. The first-order valence-electron chi connectivity index (χ1n) is 5.77. The van der Waals surface area contributed by atoms with Gasteiger partial charge in [-0.15, -0.1) is 0 Å². The van der Waals surface area contributed by atoms with E-state index in [0.717, 1.165) is 22.6 Å². The molecule has 0 aliphatic carbocycles. The molecule has 0 atom stereocenters. The van der Waals surface area contributed by atoms with E-state index in [9.17, 15) is 0 Å². The SMILES string of the molecule is Cc1ccc(C)c(OCc2ncccc2C)c1. The molecule has 1 heterocycles. The average Bonchev–Trinajstić information content (AvgIpc) is 2.32. The highest BCUT2D eigenvalue weighted by atomic mass is 16.5. The number of ether oxygens (including phenoxy) is 1. The van der Waals surface area contributed by atoms with E-state index in [1.807, 2.05) is 6.07 Å². The minimum Gasteiger partial charge on any atom is -0.487 e. The Kier molecular flexibility index (Phi) is 3.43. The zero-order chi connectivity index (χ0) is 12.3. The van der Waals surface area contributed by atoms with E-state index in [0.29, 0.717) is 6.61 Å². The van der Waals surface area contributed by atoms with Crippen molar-refractivity contribution in [3.05, 3.63) is 58.9 Å². The summed E-state index contributed by atoms with van der Waals surface area (Å²) in [6.07, 6.45) is 1.80. The molecule has 0 amide bonds. The van der Waals surface area contributed by atoms with Crippen LogP contribution in [0.15, 0.2) is 36.5 Å². The monoisotopic (exact) mass is 227 g/mol. The molecular formula is C15H17NO. The van der Waals surface area contributed by atoms with Gasteiger partial charge in [0.05, 0.1) is 5.69 Å². The molecule has 0 radical (unpaired) electrons. The molecular weight excluding hydrogens is 210 g/mol. The van der Waals surface area contributed by atoms with E-state index in [2.05, 4.69) is 50.0 Å². The molecule has 0 N–H and O–H groups in total. The molecule has 0 saturated carbocycles. The lowest BCUT2D eigenvalue weighted by Gasteiger charge is -2.10. The number of benzene rings is 1. The predicted molar refractivity (Wildman–Crippen MR) is 69.2 cm³/mol. The number of aromatic nitrogens is 1. The Labute approximate surface area is 102 Å². The lowest BCUT2D eigenvalue weighted by atomic mass is 10.1. The number of hydrogen-bond acceptors (Lipinski definition) is 2. The predicted octanol–water partition coefficient (Wildman–Crippen LogP) is 3.59. The van der Waals surface area contributed by atoms with Gasteiger partial charge in [-0.3, -0.25) is 4.98 Å². The molecule has 0 bridgehead atoms. The van der Waals surface area contributed by atoms with Crippen molar-refractivity contribution in [1.82, 2.24) is 4.98 Å². The van der Waals surface area contributed by atoms with E-state index < -0.39 is 0 Å². The van der Waals surface area contributed by atoms with E-state index >= 15 is 0 Å². The maximum atomic E-state index is 5.82. The van der Waals surface area contributed by atoms with Gasteiger partial charge in [-0.05, 0) is 49.6 Å². The average molecular weight is 227 g/mol. The summed E-state index contributed by atoms with van der Waals surface area (Å²) in [6.45, 7) is 6.70. The lowest BCUT2D eigenvalue weighted by molar-refractivity contribution is 0.298. The van der Waals surface area contributed by atoms with Crippen LogP contribution in [0.2, 0.25) is 0 Å². The van der Waals surface area contributed by atoms with Crippen LogP contribution < -0.4 is 4.74 Å². The van der Waals surface area contributed by atoms with E-state index in [-0.39, 0.29) is 0 Å². The summed E-state index contributed by atoms with van der Waals surface area (Å²) in [5.74, 6) is 0.940. The van der Waals surface area contributed by atoms with Crippen molar-refractivity contribution < 1.29 is 4.74 Å². The minimum atomic E-state index is 0.525. The lowest BCUT2D eigenvalue weighted by Crippen LogP contribution is -2.01. The van der Waals surface area contributed by atoms with Gasteiger partial charge in [-0.1, -0.05) is 18.2 Å². The van der Waals surface area contributed by atoms with Gasteiger partial charge in [0.15, 0.2) is 0 Å². The molecule has 0 unspecified atom stereocenters. The van der Waals surface area contributed by atoms with Crippen LogP contribution in [0.1, 0.15) is 22.4 Å². The fourth-order valence-corrected chi connectivity index (χ4v) is 1.68. The zero-order valence-corrected chi connectivity index (χ0v) is 10.5. The quantitative estimate of drug-likeness (QED) is 0.799. The molecule has 2 rings (SSSR count). The molecule has 2 heteroatoms. The smallest absolute Gasteiger partial charge is 0.130 e. The summed E-state index contributed by atoms with van der Waals surface area (Å²) in [5.41, 5.74) is 4.53. The fraction of sp³-hybridized carbons (Fsp3) is 0.267. The summed E-state index contributed by atoms with van der Waals surface area (Å²) in [6, 6.07) is 10.2. The molecule has 0 aliphatic rings. The zero-order valence-electron chi connectivity index (χ0n) is 10.5. The van der Waals surface area contributed by atoms with Gasteiger partial charge in [0, 0.05) is 6.20 Å². The van der Waals surface area contributed by atoms with Crippen molar-refractivity contribution in [2.75, 3.05) is 0 Å². The molecule has 0 aliphatic heterocycles. The van der Waals surface area contributed by atoms with Crippen LogP contribution >= 0.6 is 0 Å². The Hall–Kier alpha value is -1.83. The molecule has 2 aromatic rings. The van der Waals surface area contributed by atoms with Crippen LogP contribution in [-0.2, 0) is 6.61 Å². The summed E-state index contributed by atoms with van der Waals surface area (Å²) in [5, 5.41) is 0. The Bertz CT molecular complexity index is 520. The van der Waals surface area contributed by atoms with Gasteiger partial charge >= 0.3 is 0 Å². The molecule has 1 aromatic carbocycles. The first-order valence-corrected chi connectivity index (χ1v) is 5.77. The number of aryl methyl sites for hydroxylation is 3. The first-order chi connectivity index (χ1) is 8.16. The molecule has 0 fully saturated rings. The van der Waals surface area contributed by atoms with E-state index in [1.165, 1.54) is 5.56 Å². The van der Waals surface area contributed by atoms with Gasteiger partial charge in [-0.25, -0.2) is 0 Å². The second-order valence-electron chi connectivity index (χ2n) is 4.32. The maximum Gasteiger partial charge on any atom is 0.130 e. The first kappa shape index (κ1) is 11.6. The third kappa shape index (κ3) is 2.84. The summed E-state index contributed by atoms with van der Waals surface area (Å²) >= 11 is 0. The summed E-state index contributed by atoms with van der Waals surface area (Å²) < 4.78 is 5.82. The van der Waals surface area contributed by atoms with Crippen LogP contribution in [-0.4, -0.2) is 4.98 Å². The maximum absolute atomic E-state index is 5.82. The standard InChI is InChI=1S/C15H17NO/c1-11-6-7-13(3)15(9-11)17-10-14-12(2)5-4-8-16-14/h4-9H,10H2,1-3H3. The van der Waals surface area contributed by atoms with E-state index in [1.54, 1.807) is 6.20 Å². The molecule has 2 nitrogen and oxygen atoms in total. The van der Waals surface area contributed by atoms with Crippen molar-refractivity contribution in [3.63, 3.8) is 0 Å². The van der Waals surface area contributed by atoms with Crippen molar-refractivity contribution >= 4 is 0 Å². The highest BCUT2D eigenvalue weighted by Crippen LogP contribution is 2.20. The number of nitrogens with zero attached hydrogens (tertiary/aromatic N) is 1.